The van der Waals surface area contributed by atoms with Crippen LogP contribution in [0.4, 0.5) is 0 Å². The Kier molecular flexibility index (Phi) is 5.64. The Balaban J connectivity index is 3.54. The summed E-state index contributed by atoms with van der Waals surface area (Å²) in [4.78, 5) is 0. The summed E-state index contributed by atoms with van der Waals surface area (Å²) in [6.07, 6.45) is 0.906. The van der Waals surface area contributed by atoms with Crippen LogP contribution in [0, 0.1) is 5.41 Å². The molecule has 0 rings (SSSR count). The second-order valence-electron chi connectivity index (χ2n) is 5.58. The van der Waals surface area contributed by atoms with Crippen molar-refractivity contribution in [1.82, 2.24) is 5.32 Å². The number of ether oxygens (including phenoxy) is 1. The van der Waals surface area contributed by atoms with Gasteiger partial charge in [0.2, 0.25) is 0 Å². The van der Waals surface area contributed by atoms with E-state index in [1.165, 1.54) is 0 Å². The zero-order valence-electron chi connectivity index (χ0n) is 10.2. The number of hydrogen-bond donors (Lipinski definition) is 2. The summed E-state index contributed by atoms with van der Waals surface area (Å²) in [5.74, 6) is 0. The maximum atomic E-state index is 8.74. The van der Waals surface area contributed by atoms with Crippen LogP contribution in [0.3, 0.4) is 0 Å². The number of nitrogens with one attached hydrogen (secondary N) is 1. The Labute approximate surface area is 87.8 Å². The average molecular weight is 203 g/mol. The summed E-state index contributed by atoms with van der Waals surface area (Å²) in [6.45, 7) is 12.1. The molecule has 0 saturated heterocycles. The van der Waals surface area contributed by atoms with E-state index in [-0.39, 0.29) is 17.7 Å². The van der Waals surface area contributed by atoms with Crippen LogP contribution in [0.15, 0.2) is 0 Å². The molecule has 0 spiro atoms. The van der Waals surface area contributed by atoms with Gasteiger partial charge in [-0.15, -0.1) is 0 Å². The first-order chi connectivity index (χ1) is 6.27. The van der Waals surface area contributed by atoms with E-state index >= 15 is 0 Å². The van der Waals surface area contributed by atoms with Gasteiger partial charge in [-0.2, -0.15) is 0 Å². The summed E-state index contributed by atoms with van der Waals surface area (Å²) in [5, 5.41) is 11.7. The van der Waals surface area contributed by atoms with Gasteiger partial charge in [-0.25, -0.2) is 0 Å². The van der Waals surface area contributed by atoms with Crippen LogP contribution in [0.25, 0.3) is 0 Å². The molecule has 14 heavy (non-hydrogen) atoms. The van der Waals surface area contributed by atoms with E-state index in [9.17, 15) is 0 Å². The molecule has 0 bridgehead atoms. The Morgan fingerprint density at radius 1 is 1.14 bits per heavy atom. The molecular weight excluding hydrogens is 178 g/mol. The second-order valence-corrected chi connectivity index (χ2v) is 5.58. The molecule has 0 aliphatic carbocycles. The Morgan fingerprint density at radius 2 is 1.71 bits per heavy atom. The lowest BCUT2D eigenvalue weighted by atomic mass is 9.98. The minimum absolute atomic E-state index is 0.0201. The molecule has 0 radical (unpaired) electrons. The van der Waals surface area contributed by atoms with Crippen molar-refractivity contribution in [3.05, 3.63) is 0 Å². The van der Waals surface area contributed by atoms with Crippen LogP contribution < -0.4 is 5.32 Å². The van der Waals surface area contributed by atoms with E-state index in [2.05, 4.69) is 39.9 Å². The fourth-order valence-electron chi connectivity index (χ4n) is 1.01. The van der Waals surface area contributed by atoms with Crippen LogP contribution in [0.2, 0.25) is 0 Å². The van der Waals surface area contributed by atoms with E-state index in [4.69, 9.17) is 9.84 Å². The van der Waals surface area contributed by atoms with Gasteiger partial charge in [-0.05, 0) is 25.7 Å². The standard InChI is InChI=1S/C11H25NO2/c1-10(2,3)8-14-7-6-11(4,5)12-9-13/h12-13H,6-9H2,1-5H3. The molecule has 3 nitrogen and oxygen atoms in total. The normalized spacial score (nSPS) is 13.3. The van der Waals surface area contributed by atoms with Crippen molar-refractivity contribution in [2.24, 2.45) is 5.41 Å². The zero-order valence-corrected chi connectivity index (χ0v) is 10.2. The molecule has 0 unspecified atom stereocenters. The number of aliphatic hydroxyl groups excluding tert-OH is 1. The highest BCUT2D eigenvalue weighted by atomic mass is 16.5. The zero-order chi connectivity index (χ0) is 11.2. The van der Waals surface area contributed by atoms with Crippen LogP contribution in [-0.2, 0) is 4.74 Å². The molecule has 0 aromatic rings. The van der Waals surface area contributed by atoms with E-state index in [1.807, 2.05) is 0 Å². The van der Waals surface area contributed by atoms with Crippen molar-refractivity contribution in [1.29, 1.82) is 0 Å². The van der Waals surface area contributed by atoms with Crippen molar-refractivity contribution >= 4 is 0 Å². The third-order valence-corrected chi connectivity index (χ3v) is 1.96. The molecule has 0 atom stereocenters. The van der Waals surface area contributed by atoms with Gasteiger partial charge in [-0.3, -0.25) is 5.32 Å². The first-order valence-corrected chi connectivity index (χ1v) is 5.20. The van der Waals surface area contributed by atoms with E-state index < -0.39 is 0 Å². The lowest BCUT2D eigenvalue weighted by molar-refractivity contribution is 0.0554. The molecule has 2 N–H and O–H groups in total. The molecule has 0 saturated carbocycles. The van der Waals surface area contributed by atoms with E-state index in [1.54, 1.807) is 0 Å². The molecular formula is C11H25NO2. The average Bonchev–Trinajstić information content (AvgIpc) is 1.96. The largest absolute Gasteiger partial charge is 0.381 e. The minimum atomic E-state index is -0.0490. The number of hydrogen-bond acceptors (Lipinski definition) is 3. The van der Waals surface area contributed by atoms with E-state index in [0.717, 1.165) is 19.6 Å². The van der Waals surface area contributed by atoms with Crippen LogP contribution in [-0.4, -0.2) is 30.6 Å². The molecule has 0 aliphatic rings. The van der Waals surface area contributed by atoms with Gasteiger partial charge in [-0.1, -0.05) is 20.8 Å². The van der Waals surface area contributed by atoms with Gasteiger partial charge in [0.15, 0.2) is 0 Å². The SMILES string of the molecule is CC(C)(C)COCCC(C)(C)NCO. The first kappa shape index (κ1) is 13.9. The number of aliphatic hydroxyl groups is 1. The smallest absolute Gasteiger partial charge is 0.0935 e. The Bertz CT molecular complexity index is 150. The van der Waals surface area contributed by atoms with Crippen molar-refractivity contribution in [2.75, 3.05) is 19.9 Å². The lowest BCUT2D eigenvalue weighted by Crippen LogP contribution is -2.40. The summed E-state index contributed by atoms with van der Waals surface area (Å²) in [5.41, 5.74) is 0.182. The van der Waals surface area contributed by atoms with Crippen molar-refractivity contribution in [2.45, 2.75) is 46.6 Å². The summed E-state index contributed by atoms with van der Waals surface area (Å²) in [6, 6.07) is 0. The molecule has 0 aromatic carbocycles. The van der Waals surface area contributed by atoms with Crippen LogP contribution >= 0.6 is 0 Å². The highest BCUT2D eigenvalue weighted by Crippen LogP contribution is 2.14. The van der Waals surface area contributed by atoms with Gasteiger partial charge in [0.25, 0.3) is 0 Å². The fraction of sp³-hybridized carbons (Fsp3) is 1.00. The van der Waals surface area contributed by atoms with Crippen molar-refractivity contribution < 1.29 is 9.84 Å². The molecule has 0 heterocycles. The van der Waals surface area contributed by atoms with Crippen LogP contribution in [0.5, 0.6) is 0 Å². The molecule has 86 valence electrons. The van der Waals surface area contributed by atoms with E-state index in [0.29, 0.717) is 0 Å². The molecule has 0 aliphatic heterocycles. The maximum Gasteiger partial charge on any atom is 0.0935 e. The van der Waals surface area contributed by atoms with Crippen LogP contribution in [0.1, 0.15) is 41.0 Å². The first-order valence-electron chi connectivity index (χ1n) is 5.20. The van der Waals surface area contributed by atoms with Gasteiger partial charge in [0.05, 0.1) is 13.3 Å². The monoisotopic (exact) mass is 203 g/mol. The Morgan fingerprint density at radius 3 is 2.14 bits per heavy atom. The van der Waals surface area contributed by atoms with Gasteiger partial charge < -0.3 is 9.84 Å². The quantitative estimate of drug-likeness (QED) is 0.510. The van der Waals surface area contributed by atoms with Gasteiger partial charge >= 0.3 is 0 Å². The Hall–Kier alpha value is -0.120. The van der Waals surface area contributed by atoms with Gasteiger partial charge in [0, 0.05) is 12.1 Å². The predicted octanol–water partition coefficient (Wildman–Crippen LogP) is 1.76. The number of rotatable bonds is 6. The fourth-order valence-corrected chi connectivity index (χ4v) is 1.01. The third-order valence-electron chi connectivity index (χ3n) is 1.96. The highest BCUT2D eigenvalue weighted by molar-refractivity contribution is 4.75. The maximum absolute atomic E-state index is 8.74. The molecule has 0 aromatic heterocycles. The third kappa shape index (κ3) is 8.48. The summed E-state index contributed by atoms with van der Waals surface area (Å²) >= 11 is 0. The topological polar surface area (TPSA) is 41.5 Å². The van der Waals surface area contributed by atoms with Crippen molar-refractivity contribution in [3.63, 3.8) is 0 Å². The molecule has 0 fully saturated rings. The molecule has 0 amide bonds. The summed E-state index contributed by atoms with van der Waals surface area (Å²) in [7, 11) is 0. The lowest BCUT2D eigenvalue weighted by Gasteiger charge is -2.26. The molecule has 3 heteroatoms. The minimum Gasteiger partial charge on any atom is -0.381 e. The van der Waals surface area contributed by atoms with Gasteiger partial charge in [0.1, 0.15) is 0 Å². The van der Waals surface area contributed by atoms with Crippen molar-refractivity contribution in [3.8, 4) is 0 Å². The predicted molar refractivity (Wildman–Crippen MR) is 59.2 cm³/mol. The second kappa shape index (κ2) is 5.69. The highest BCUT2D eigenvalue weighted by Gasteiger charge is 2.16. The summed E-state index contributed by atoms with van der Waals surface area (Å²) < 4.78 is 5.56.